The summed E-state index contributed by atoms with van der Waals surface area (Å²) in [4.78, 5) is 10.6. The van der Waals surface area contributed by atoms with Crippen LogP contribution in [0.15, 0.2) is 30.3 Å². The molecule has 0 heterocycles. The van der Waals surface area contributed by atoms with Gasteiger partial charge in [-0.25, -0.2) is 0 Å². The number of hydrogen-bond acceptors (Lipinski definition) is 2. The molecule has 78 valence electrons. The van der Waals surface area contributed by atoms with Gasteiger partial charge >= 0.3 is 5.97 Å². The van der Waals surface area contributed by atoms with Gasteiger partial charge in [-0.3, -0.25) is 4.79 Å². The number of hydrogen-bond donors (Lipinski definition) is 2. The molecule has 0 fully saturated rings. The standard InChI is InChI=1S/C10H13NO2.ClH/c1-7(10(12)13)9(11)8-5-3-2-4-6-8;/h2-7,9H,11H2,1H3,(H,12,13);1H. The second-order valence-electron chi connectivity index (χ2n) is 3.06. The molecule has 0 amide bonds. The first-order valence-electron chi connectivity index (χ1n) is 4.16. The van der Waals surface area contributed by atoms with Crippen LogP contribution >= 0.6 is 12.4 Å². The second kappa shape index (κ2) is 5.62. The number of benzene rings is 1. The zero-order chi connectivity index (χ0) is 9.84. The van der Waals surface area contributed by atoms with Crippen molar-refractivity contribution in [3.05, 3.63) is 35.9 Å². The highest BCUT2D eigenvalue weighted by Gasteiger charge is 2.20. The maximum Gasteiger partial charge on any atom is 0.308 e. The predicted molar refractivity (Wildman–Crippen MR) is 57.4 cm³/mol. The van der Waals surface area contributed by atoms with E-state index in [9.17, 15) is 4.79 Å². The van der Waals surface area contributed by atoms with Crippen molar-refractivity contribution < 1.29 is 9.90 Å². The van der Waals surface area contributed by atoms with Crippen molar-refractivity contribution in [2.45, 2.75) is 13.0 Å². The van der Waals surface area contributed by atoms with E-state index < -0.39 is 17.9 Å². The average Bonchev–Trinajstić information content (AvgIpc) is 2.17. The molecule has 14 heavy (non-hydrogen) atoms. The molecule has 0 radical (unpaired) electrons. The third-order valence-electron chi connectivity index (χ3n) is 2.11. The van der Waals surface area contributed by atoms with Crippen LogP contribution in [0.2, 0.25) is 0 Å². The summed E-state index contributed by atoms with van der Waals surface area (Å²) in [6.07, 6.45) is 0. The fourth-order valence-electron chi connectivity index (χ4n) is 1.12. The third-order valence-corrected chi connectivity index (χ3v) is 2.11. The third kappa shape index (κ3) is 3.01. The highest BCUT2D eigenvalue weighted by atomic mass is 35.5. The van der Waals surface area contributed by atoms with Crippen molar-refractivity contribution in [1.29, 1.82) is 0 Å². The van der Waals surface area contributed by atoms with Crippen LogP contribution in [0.1, 0.15) is 18.5 Å². The molecule has 0 aliphatic carbocycles. The Balaban J connectivity index is 0.00000169. The van der Waals surface area contributed by atoms with E-state index in [0.717, 1.165) is 5.56 Å². The lowest BCUT2D eigenvalue weighted by Crippen LogP contribution is -2.25. The molecule has 2 unspecified atom stereocenters. The van der Waals surface area contributed by atoms with E-state index in [1.807, 2.05) is 30.3 Å². The van der Waals surface area contributed by atoms with Gasteiger partial charge in [-0.05, 0) is 5.56 Å². The summed E-state index contributed by atoms with van der Waals surface area (Å²) in [6.45, 7) is 1.61. The topological polar surface area (TPSA) is 63.3 Å². The van der Waals surface area contributed by atoms with E-state index in [0.29, 0.717) is 0 Å². The molecule has 3 nitrogen and oxygen atoms in total. The maximum atomic E-state index is 10.6. The minimum absolute atomic E-state index is 0. The molecule has 4 heteroatoms. The van der Waals surface area contributed by atoms with Crippen molar-refractivity contribution in [3.63, 3.8) is 0 Å². The van der Waals surface area contributed by atoms with Crippen LogP contribution in [-0.4, -0.2) is 11.1 Å². The molecule has 1 rings (SSSR count). The molecule has 1 aromatic carbocycles. The van der Waals surface area contributed by atoms with Gasteiger partial charge in [-0.15, -0.1) is 12.4 Å². The van der Waals surface area contributed by atoms with Gasteiger partial charge in [0.05, 0.1) is 5.92 Å². The number of carboxylic acids is 1. The van der Waals surface area contributed by atoms with Gasteiger partial charge in [0.1, 0.15) is 0 Å². The SMILES string of the molecule is CC(C(=O)O)C(N)c1ccccc1.Cl. The molecule has 1 aromatic rings. The van der Waals surface area contributed by atoms with Crippen LogP contribution in [0.4, 0.5) is 0 Å². The first-order valence-corrected chi connectivity index (χ1v) is 4.16. The van der Waals surface area contributed by atoms with Crippen molar-refractivity contribution in [3.8, 4) is 0 Å². The van der Waals surface area contributed by atoms with E-state index in [1.165, 1.54) is 0 Å². The minimum Gasteiger partial charge on any atom is -0.481 e. The van der Waals surface area contributed by atoms with E-state index >= 15 is 0 Å². The highest BCUT2D eigenvalue weighted by Crippen LogP contribution is 2.18. The average molecular weight is 216 g/mol. The van der Waals surface area contributed by atoms with Gasteiger partial charge in [-0.1, -0.05) is 37.3 Å². The zero-order valence-electron chi connectivity index (χ0n) is 7.88. The van der Waals surface area contributed by atoms with Gasteiger partial charge in [0.25, 0.3) is 0 Å². The molecule has 0 saturated carbocycles. The first-order chi connectivity index (χ1) is 6.13. The van der Waals surface area contributed by atoms with Crippen LogP contribution in [0.3, 0.4) is 0 Å². The van der Waals surface area contributed by atoms with Crippen LogP contribution in [0, 0.1) is 5.92 Å². The van der Waals surface area contributed by atoms with E-state index in [4.69, 9.17) is 10.8 Å². The Kier molecular flexibility index (Phi) is 5.20. The fraction of sp³-hybridized carbons (Fsp3) is 0.300. The van der Waals surface area contributed by atoms with E-state index in [1.54, 1.807) is 6.92 Å². The van der Waals surface area contributed by atoms with Gasteiger partial charge < -0.3 is 10.8 Å². The van der Waals surface area contributed by atoms with Crippen molar-refractivity contribution in [2.24, 2.45) is 11.7 Å². The summed E-state index contributed by atoms with van der Waals surface area (Å²) in [5.41, 5.74) is 6.62. The minimum atomic E-state index is -0.864. The molecule has 3 N–H and O–H groups in total. The van der Waals surface area contributed by atoms with Gasteiger partial charge in [0.2, 0.25) is 0 Å². The molecule has 0 bridgehead atoms. The molecule has 2 atom stereocenters. The number of halogens is 1. The smallest absolute Gasteiger partial charge is 0.308 e. The van der Waals surface area contributed by atoms with Crippen LogP contribution in [0.25, 0.3) is 0 Å². The molecular formula is C10H14ClNO2. The number of rotatable bonds is 3. The van der Waals surface area contributed by atoms with Crippen molar-refractivity contribution in [1.82, 2.24) is 0 Å². The van der Waals surface area contributed by atoms with Crippen LogP contribution in [-0.2, 0) is 4.79 Å². The predicted octanol–water partition coefficient (Wildman–Crippen LogP) is 1.83. The number of carbonyl (C=O) groups is 1. The largest absolute Gasteiger partial charge is 0.481 e. The Labute approximate surface area is 89.3 Å². The maximum absolute atomic E-state index is 10.6. The first kappa shape index (κ1) is 12.9. The van der Waals surface area contributed by atoms with E-state index in [-0.39, 0.29) is 12.4 Å². The Morgan fingerprint density at radius 2 is 1.86 bits per heavy atom. The molecule has 0 spiro atoms. The monoisotopic (exact) mass is 215 g/mol. The molecular weight excluding hydrogens is 202 g/mol. The number of nitrogens with two attached hydrogens (primary N) is 1. The molecule has 0 saturated heterocycles. The van der Waals surface area contributed by atoms with Crippen LogP contribution < -0.4 is 5.73 Å². The van der Waals surface area contributed by atoms with Crippen molar-refractivity contribution in [2.75, 3.05) is 0 Å². The van der Waals surface area contributed by atoms with Gasteiger partial charge in [0.15, 0.2) is 0 Å². The fourth-order valence-corrected chi connectivity index (χ4v) is 1.12. The van der Waals surface area contributed by atoms with Crippen LogP contribution in [0.5, 0.6) is 0 Å². The lowest BCUT2D eigenvalue weighted by Gasteiger charge is -2.15. The molecule has 0 aliphatic heterocycles. The van der Waals surface area contributed by atoms with Gasteiger partial charge in [-0.2, -0.15) is 0 Å². The molecule has 0 aromatic heterocycles. The summed E-state index contributed by atoms with van der Waals surface area (Å²) < 4.78 is 0. The summed E-state index contributed by atoms with van der Waals surface area (Å²) in [6, 6.07) is 8.82. The Bertz CT molecular complexity index is 289. The highest BCUT2D eigenvalue weighted by molar-refractivity contribution is 5.85. The summed E-state index contributed by atoms with van der Waals surface area (Å²) in [5.74, 6) is -1.42. The second-order valence-corrected chi connectivity index (χ2v) is 3.06. The van der Waals surface area contributed by atoms with Crippen molar-refractivity contribution >= 4 is 18.4 Å². The Hall–Kier alpha value is -1.06. The zero-order valence-corrected chi connectivity index (χ0v) is 8.70. The number of carboxylic acid groups (broad SMARTS) is 1. The quantitative estimate of drug-likeness (QED) is 0.809. The number of aliphatic carboxylic acids is 1. The molecule has 0 aliphatic rings. The summed E-state index contributed by atoms with van der Waals surface area (Å²) in [5, 5.41) is 8.73. The Morgan fingerprint density at radius 1 is 1.36 bits per heavy atom. The summed E-state index contributed by atoms with van der Waals surface area (Å²) in [7, 11) is 0. The van der Waals surface area contributed by atoms with E-state index in [2.05, 4.69) is 0 Å². The lowest BCUT2D eigenvalue weighted by molar-refractivity contribution is -0.141. The summed E-state index contributed by atoms with van der Waals surface area (Å²) >= 11 is 0. The normalized spacial score (nSPS) is 13.9. The van der Waals surface area contributed by atoms with Gasteiger partial charge in [0, 0.05) is 6.04 Å². The lowest BCUT2D eigenvalue weighted by atomic mass is 9.96. The Morgan fingerprint density at radius 3 is 2.29 bits per heavy atom.